The molecule has 14 heavy (non-hydrogen) atoms. The molecule has 0 amide bonds. The van der Waals surface area contributed by atoms with Gasteiger partial charge in [-0.1, -0.05) is 18.5 Å². The second-order valence-electron chi connectivity index (χ2n) is 2.78. The lowest BCUT2D eigenvalue weighted by atomic mass is 10.1. The summed E-state index contributed by atoms with van der Waals surface area (Å²) < 4.78 is 0. The smallest absolute Gasteiger partial charge is 0.0855 e. The molecule has 0 saturated heterocycles. The summed E-state index contributed by atoms with van der Waals surface area (Å²) in [6.07, 6.45) is 0.870. The van der Waals surface area contributed by atoms with Crippen molar-refractivity contribution in [2.24, 2.45) is 0 Å². The monoisotopic (exact) mass is 226 g/mol. The molecule has 0 atom stereocenters. The molecule has 0 spiro atoms. The zero-order valence-corrected chi connectivity index (χ0v) is 9.45. The molecule has 2 nitrogen and oxygen atoms in total. The highest BCUT2D eigenvalue weighted by Gasteiger charge is 2.05. The van der Waals surface area contributed by atoms with Crippen molar-refractivity contribution in [3.63, 3.8) is 0 Å². The third-order valence-corrected chi connectivity index (χ3v) is 3.21. The first-order chi connectivity index (χ1) is 6.69. The fourth-order valence-electron chi connectivity index (χ4n) is 1.14. The Morgan fingerprint density at radius 1 is 1.57 bits per heavy atom. The summed E-state index contributed by atoms with van der Waals surface area (Å²) in [5, 5.41) is 9.12. The van der Waals surface area contributed by atoms with E-state index in [1.54, 1.807) is 0 Å². The van der Waals surface area contributed by atoms with Crippen LogP contribution in [0.3, 0.4) is 0 Å². The quantitative estimate of drug-likeness (QED) is 0.637. The Morgan fingerprint density at radius 2 is 2.29 bits per heavy atom. The number of nitrogens with zero attached hydrogens (tertiary/aromatic N) is 1. The first kappa shape index (κ1) is 11.2. The summed E-state index contributed by atoms with van der Waals surface area (Å²) in [6, 6.07) is 5.76. The van der Waals surface area contributed by atoms with E-state index >= 15 is 0 Å². The van der Waals surface area contributed by atoms with Gasteiger partial charge in [0.25, 0.3) is 0 Å². The van der Waals surface area contributed by atoms with Gasteiger partial charge in [0.1, 0.15) is 0 Å². The topological polar surface area (TPSA) is 49.8 Å². The van der Waals surface area contributed by atoms with Crippen LogP contribution in [0.15, 0.2) is 17.0 Å². The second-order valence-corrected chi connectivity index (χ2v) is 4.21. The van der Waals surface area contributed by atoms with Gasteiger partial charge in [0.15, 0.2) is 0 Å². The molecule has 0 aliphatic heterocycles. The Morgan fingerprint density at radius 3 is 2.86 bits per heavy atom. The van der Waals surface area contributed by atoms with E-state index < -0.39 is 0 Å². The van der Waals surface area contributed by atoms with Gasteiger partial charge in [-0.2, -0.15) is 5.26 Å². The van der Waals surface area contributed by atoms with Crippen molar-refractivity contribution >= 4 is 29.1 Å². The third kappa shape index (κ3) is 2.57. The standard InChI is InChI=1S/C10H11ClN2S/c1-2-7-5-8(11)10(6-9(7)13)14-4-3-12/h5-6H,2,4,13H2,1H3. The van der Waals surface area contributed by atoms with Crippen molar-refractivity contribution in [1.82, 2.24) is 0 Å². The maximum Gasteiger partial charge on any atom is 0.0855 e. The minimum Gasteiger partial charge on any atom is -0.398 e. The van der Waals surface area contributed by atoms with Gasteiger partial charge in [0.2, 0.25) is 0 Å². The fourth-order valence-corrected chi connectivity index (χ4v) is 2.11. The van der Waals surface area contributed by atoms with Crippen molar-refractivity contribution in [2.75, 3.05) is 11.5 Å². The number of nitriles is 1. The average Bonchev–Trinajstić information content (AvgIpc) is 2.18. The fraction of sp³-hybridized carbons (Fsp3) is 0.300. The lowest BCUT2D eigenvalue weighted by Gasteiger charge is -2.07. The van der Waals surface area contributed by atoms with Gasteiger partial charge in [-0.3, -0.25) is 0 Å². The summed E-state index contributed by atoms with van der Waals surface area (Å²) in [4.78, 5) is 0.878. The molecule has 0 saturated carbocycles. The lowest BCUT2D eigenvalue weighted by molar-refractivity contribution is 1.14. The molecule has 0 aromatic heterocycles. The third-order valence-electron chi connectivity index (χ3n) is 1.87. The van der Waals surface area contributed by atoms with Gasteiger partial charge in [-0.15, -0.1) is 11.8 Å². The Balaban J connectivity index is 2.97. The van der Waals surface area contributed by atoms with Gasteiger partial charge >= 0.3 is 0 Å². The van der Waals surface area contributed by atoms with Crippen LogP contribution in [0.1, 0.15) is 12.5 Å². The van der Waals surface area contributed by atoms with Gasteiger partial charge in [0, 0.05) is 10.6 Å². The number of nitrogens with two attached hydrogens (primary N) is 1. The Hall–Kier alpha value is -0.850. The molecule has 0 fully saturated rings. The van der Waals surface area contributed by atoms with Crippen molar-refractivity contribution in [3.05, 3.63) is 22.7 Å². The molecular formula is C10H11ClN2S. The SMILES string of the molecule is CCc1cc(Cl)c(SCC#N)cc1N. The minimum absolute atomic E-state index is 0.393. The number of nitrogen functional groups attached to an aromatic ring is 1. The van der Waals surface area contributed by atoms with Crippen molar-refractivity contribution in [1.29, 1.82) is 5.26 Å². The number of thioether (sulfide) groups is 1. The summed E-state index contributed by atoms with van der Waals surface area (Å²) in [5.41, 5.74) is 7.62. The van der Waals surface area contributed by atoms with E-state index in [9.17, 15) is 0 Å². The number of benzene rings is 1. The predicted molar refractivity (Wildman–Crippen MR) is 61.6 cm³/mol. The summed E-state index contributed by atoms with van der Waals surface area (Å²) in [7, 11) is 0. The van der Waals surface area contributed by atoms with Crippen LogP contribution in [-0.4, -0.2) is 5.75 Å². The van der Waals surface area contributed by atoms with Crippen LogP contribution in [0.5, 0.6) is 0 Å². The Bertz CT molecular complexity index is 371. The van der Waals surface area contributed by atoms with E-state index in [0.29, 0.717) is 10.8 Å². The van der Waals surface area contributed by atoms with Crippen molar-refractivity contribution in [3.8, 4) is 6.07 Å². The second kappa shape index (κ2) is 5.14. The lowest BCUT2D eigenvalue weighted by Crippen LogP contribution is -1.93. The Kier molecular flexibility index (Phi) is 4.12. The molecule has 0 unspecified atom stereocenters. The number of halogens is 1. The highest BCUT2D eigenvalue weighted by Crippen LogP contribution is 2.31. The van der Waals surface area contributed by atoms with E-state index in [4.69, 9.17) is 22.6 Å². The van der Waals surface area contributed by atoms with E-state index in [1.165, 1.54) is 11.8 Å². The molecule has 74 valence electrons. The molecule has 1 rings (SSSR count). The van der Waals surface area contributed by atoms with Gasteiger partial charge in [0.05, 0.1) is 16.8 Å². The van der Waals surface area contributed by atoms with Crippen LogP contribution in [0.25, 0.3) is 0 Å². The van der Waals surface area contributed by atoms with Gasteiger partial charge in [-0.25, -0.2) is 0 Å². The van der Waals surface area contributed by atoms with Crippen molar-refractivity contribution < 1.29 is 0 Å². The van der Waals surface area contributed by atoms with E-state index in [0.717, 1.165) is 22.6 Å². The molecule has 0 aliphatic carbocycles. The molecule has 1 aromatic rings. The first-order valence-electron chi connectivity index (χ1n) is 4.26. The summed E-state index contributed by atoms with van der Waals surface area (Å²) in [6.45, 7) is 2.03. The number of rotatable bonds is 3. The molecule has 0 aliphatic rings. The molecule has 4 heteroatoms. The zero-order valence-electron chi connectivity index (χ0n) is 7.88. The van der Waals surface area contributed by atoms with Crippen LogP contribution in [0.2, 0.25) is 5.02 Å². The maximum absolute atomic E-state index is 8.44. The first-order valence-corrected chi connectivity index (χ1v) is 5.63. The van der Waals surface area contributed by atoms with Crippen LogP contribution in [-0.2, 0) is 6.42 Å². The largest absolute Gasteiger partial charge is 0.398 e. The van der Waals surface area contributed by atoms with Gasteiger partial charge in [-0.05, 0) is 24.1 Å². The van der Waals surface area contributed by atoms with E-state index in [-0.39, 0.29) is 0 Å². The van der Waals surface area contributed by atoms with Gasteiger partial charge < -0.3 is 5.73 Å². The highest BCUT2D eigenvalue weighted by atomic mass is 35.5. The maximum atomic E-state index is 8.44. The summed E-state index contributed by atoms with van der Waals surface area (Å²) in [5.74, 6) is 0.393. The molecule has 2 N–H and O–H groups in total. The minimum atomic E-state index is 0.393. The normalized spacial score (nSPS) is 9.79. The average molecular weight is 227 g/mol. The molecule has 0 bridgehead atoms. The van der Waals surface area contributed by atoms with Crippen LogP contribution in [0, 0.1) is 11.3 Å². The number of hydrogen-bond acceptors (Lipinski definition) is 3. The zero-order chi connectivity index (χ0) is 10.6. The number of hydrogen-bond donors (Lipinski definition) is 1. The Labute approximate surface area is 93.1 Å². The van der Waals surface area contributed by atoms with Crippen LogP contribution < -0.4 is 5.73 Å². The molecular weight excluding hydrogens is 216 g/mol. The van der Waals surface area contributed by atoms with Crippen molar-refractivity contribution in [2.45, 2.75) is 18.2 Å². The predicted octanol–water partition coefficient (Wildman–Crippen LogP) is 3.10. The molecule has 0 heterocycles. The van der Waals surface area contributed by atoms with E-state index in [2.05, 4.69) is 6.07 Å². The number of anilines is 1. The number of aryl methyl sites for hydroxylation is 1. The van der Waals surface area contributed by atoms with E-state index in [1.807, 2.05) is 19.1 Å². The highest BCUT2D eigenvalue weighted by molar-refractivity contribution is 7.99. The summed E-state index contributed by atoms with van der Waals surface area (Å²) >= 11 is 7.44. The van der Waals surface area contributed by atoms with Crippen LogP contribution >= 0.6 is 23.4 Å². The molecule has 0 radical (unpaired) electrons. The molecule has 1 aromatic carbocycles. The van der Waals surface area contributed by atoms with Crippen LogP contribution in [0.4, 0.5) is 5.69 Å².